The molecule has 7 nitrogen and oxygen atoms in total. The van der Waals surface area contributed by atoms with Gasteiger partial charge in [0.15, 0.2) is 5.69 Å². The molecule has 1 heterocycles. The lowest BCUT2D eigenvalue weighted by atomic mass is 9.89. The Bertz CT molecular complexity index is 1220. The number of amides is 1. The van der Waals surface area contributed by atoms with E-state index in [1.807, 2.05) is 6.92 Å². The van der Waals surface area contributed by atoms with Crippen LogP contribution < -0.4 is 10.1 Å². The van der Waals surface area contributed by atoms with E-state index in [-0.39, 0.29) is 28.4 Å². The average molecular weight is 564 g/mol. The second-order valence-electron chi connectivity index (χ2n) is 9.69. The van der Waals surface area contributed by atoms with Crippen LogP contribution in [0, 0.1) is 11.8 Å². The number of halogens is 4. The number of methoxy groups -OCH3 is 1. The Morgan fingerprint density at radius 3 is 2.46 bits per heavy atom. The van der Waals surface area contributed by atoms with E-state index in [9.17, 15) is 26.4 Å². The first-order valence-electron chi connectivity index (χ1n) is 12.2. The number of aryl methyl sites for hydroxylation is 1. The van der Waals surface area contributed by atoms with E-state index in [1.165, 1.54) is 13.4 Å². The van der Waals surface area contributed by atoms with Crippen LogP contribution in [-0.4, -0.2) is 55.2 Å². The van der Waals surface area contributed by atoms with Crippen LogP contribution in [0.25, 0.3) is 5.69 Å². The van der Waals surface area contributed by atoms with Gasteiger partial charge in [0.2, 0.25) is 0 Å². The van der Waals surface area contributed by atoms with Crippen molar-refractivity contribution >= 4 is 27.3 Å². The summed E-state index contributed by atoms with van der Waals surface area (Å²) in [4.78, 5) is 17.4. The third-order valence-electron chi connectivity index (χ3n) is 6.96. The number of imidazole rings is 1. The molecule has 37 heavy (non-hydrogen) atoms. The maximum Gasteiger partial charge on any atom is 0.391 e. The molecule has 12 heteroatoms. The highest BCUT2D eigenvalue weighted by Gasteiger charge is 2.36. The summed E-state index contributed by atoms with van der Waals surface area (Å²) >= 11 is 6.61. The Morgan fingerprint density at radius 2 is 1.92 bits per heavy atom. The SMILES string of the molecule is CCc1nc(C(=O)NC[C@H]2CC[C@H](S(C)(=O)=O)CC2)c(Cl)n1-c1ccc(CC(C)C(F)(F)F)cc1OC. The van der Waals surface area contributed by atoms with Crippen molar-refractivity contribution in [2.45, 2.75) is 63.8 Å². The lowest BCUT2D eigenvalue weighted by Crippen LogP contribution is -2.34. The minimum atomic E-state index is -4.30. The lowest BCUT2D eigenvalue weighted by Gasteiger charge is -2.27. The molecule has 1 fully saturated rings. The molecular formula is C25H33ClF3N3O4S. The van der Waals surface area contributed by atoms with E-state index in [0.29, 0.717) is 61.5 Å². The molecule has 0 radical (unpaired) electrons. The van der Waals surface area contributed by atoms with Gasteiger partial charge in [-0.15, -0.1) is 0 Å². The molecule has 0 spiro atoms. The molecule has 1 aliphatic carbocycles. The molecule has 1 amide bonds. The van der Waals surface area contributed by atoms with E-state index >= 15 is 0 Å². The molecule has 1 aromatic heterocycles. The fraction of sp³-hybridized carbons (Fsp3) is 0.600. The number of carbonyl (C=O) groups excluding carboxylic acids is 1. The maximum atomic E-state index is 13.0. The standard InChI is InChI=1S/C25H33ClF3N3O4S/c1-5-21-31-22(24(33)30-14-16-6-9-18(10-7-16)37(4,34)35)23(26)32(21)19-11-8-17(13-20(19)36-3)12-15(2)25(27,28)29/h8,11,13,15-16,18H,5-7,9-10,12,14H2,1-4H3,(H,30,33)/t15?,16-,18-. The van der Waals surface area contributed by atoms with Crippen molar-refractivity contribution in [2.75, 3.05) is 19.9 Å². The third-order valence-corrected chi connectivity index (χ3v) is 8.99. The number of benzene rings is 1. The first kappa shape index (κ1) is 29.3. The van der Waals surface area contributed by atoms with Crippen LogP contribution in [0.5, 0.6) is 5.75 Å². The number of aromatic nitrogens is 2. The van der Waals surface area contributed by atoms with Gasteiger partial charge in [0.1, 0.15) is 26.6 Å². The summed E-state index contributed by atoms with van der Waals surface area (Å²) in [7, 11) is -1.64. The normalized spacial score (nSPS) is 19.5. The Kier molecular flexibility index (Phi) is 9.21. The maximum absolute atomic E-state index is 13.0. The number of nitrogens with one attached hydrogen (secondary N) is 1. The van der Waals surface area contributed by atoms with Gasteiger partial charge < -0.3 is 10.1 Å². The van der Waals surface area contributed by atoms with E-state index < -0.39 is 27.8 Å². The number of nitrogens with zero attached hydrogens (tertiary/aromatic N) is 2. The number of hydrogen-bond donors (Lipinski definition) is 1. The third kappa shape index (κ3) is 6.98. The summed E-state index contributed by atoms with van der Waals surface area (Å²) in [6.07, 6.45) is -0.234. The fourth-order valence-corrected chi connectivity index (χ4v) is 6.10. The van der Waals surface area contributed by atoms with Gasteiger partial charge >= 0.3 is 6.18 Å². The van der Waals surface area contributed by atoms with Crippen LogP contribution in [0.4, 0.5) is 13.2 Å². The highest BCUT2D eigenvalue weighted by Crippen LogP contribution is 2.34. The van der Waals surface area contributed by atoms with Gasteiger partial charge in [0.05, 0.1) is 24.0 Å². The van der Waals surface area contributed by atoms with Gasteiger partial charge in [0.25, 0.3) is 5.91 Å². The summed E-state index contributed by atoms with van der Waals surface area (Å²) in [5, 5.41) is 2.62. The smallest absolute Gasteiger partial charge is 0.391 e. The van der Waals surface area contributed by atoms with Crippen molar-refractivity contribution in [1.82, 2.24) is 14.9 Å². The van der Waals surface area contributed by atoms with Crippen molar-refractivity contribution in [3.63, 3.8) is 0 Å². The largest absolute Gasteiger partial charge is 0.495 e. The van der Waals surface area contributed by atoms with Crippen molar-refractivity contribution in [2.24, 2.45) is 11.8 Å². The average Bonchev–Trinajstić information content (AvgIpc) is 3.17. The molecule has 1 aromatic carbocycles. The first-order valence-corrected chi connectivity index (χ1v) is 14.6. The first-order chi connectivity index (χ1) is 17.3. The van der Waals surface area contributed by atoms with E-state index in [0.717, 1.165) is 6.92 Å². The van der Waals surface area contributed by atoms with Gasteiger partial charge in [-0.3, -0.25) is 9.36 Å². The van der Waals surface area contributed by atoms with Crippen LogP contribution in [-0.2, 0) is 22.7 Å². The van der Waals surface area contributed by atoms with Crippen molar-refractivity contribution in [3.05, 3.63) is 40.4 Å². The van der Waals surface area contributed by atoms with Crippen LogP contribution >= 0.6 is 11.6 Å². The molecule has 2 aromatic rings. The summed E-state index contributed by atoms with van der Waals surface area (Å²) in [6, 6.07) is 4.74. The number of alkyl halides is 3. The molecule has 0 saturated heterocycles. The van der Waals surface area contributed by atoms with Crippen LogP contribution in [0.1, 0.15) is 61.4 Å². The minimum absolute atomic E-state index is 0.0418. The number of rotatable bonds is 9. The molecule has 3 rings (SSSR count). The molecule has 1 atom stereocenters. The van der Waals surface area contributed by atoms with Crippen LogP contribution in [0.3, 0.4) is 0 Å². The summed E-state index contributed by atoms with van der Waals surface area (Å²) in [5.41, 5.74) is 0.974. The van der Waals surface area contributed by atoms with Gasteiger partial charge in [-0.05, 0) is 55.7 Å². The monoisotopic (exact) mass is 563 g/mol. The van der Waals surface area contributed by atoms with E-state index in [2.05, 4.69) is 10.3 Å². The fourth-order valence-electron chi connectivity index (χ4n) is 4.66. The predicted molar refractivity (Wildman–Crippen MR) is 136 cm³/mol. The highest BCUT2D eigenvalue weighted by atomic mass is 35.5. The number of ether oxygens (including phenoxy) is 1. The van der Waals surface area contributed by atoms with Crippen molar-refractivity contribution in [1.29, 1.82) is 0 Å². The molecule has 1 saturated carbocycles. The molecule has 1 aliphatic rings. The Balaban J connectivity index is 1.78. The van der Waals surface area contributed by atoms with Crippen molar-refractivity contribution < 1.29 is 31.1 Å². The minimum Gasteiger partial charge on any atom is -0.495 e. The molecule has 206 valence electrons. The van der Waals surface area contributed by atoms with E-state index in [4.69, 9.17) is 16.3 Å². The van der Waals surface area contributed by atoms with Gasteiger partial charge in [0, 0.05) is 19.2 Å². The second kappa shape index (κ2) is 11.6. The van der Waals surface area contributed by atoms with Gasteiger partial charge in [-0.2, -0.15) is 13.2 Å². The summed E-state index contributed by atoms with van der Waals surface area (Å²) < 4.78 is 69.6. The molecule has 1 N–H and O–H groups in total. The number of sulfone groups is 1. The summed E-state index contributed by atoms with van der Waals surface area (Å²) in [6.45, 7) is 3.36. The number of carbonyl (C=O) groups is 1. The lowest BCUT2D eigenvalue weighted by molar-refractivity contribution is -0.169. The van der Waals surface area contributed by atoms with Crippen LogP contribution in [0.15, 0.2) is 18.2 Å². The topological polar surface area (TPSA) is 90.3 Å². The Labute approximate surface area is 220 Å². The zero-order valence-corrected chi connectivity index (χ0v) is 22.9. The van der Waals surface area contributed by atoms with Gasteiger partial charge in [-0.1, -0.05) is 31.5 Å². The zero-order chi connectivity index (χ0) is 27.5. The highest BCUT2D eigenvalue weighted by molar-refractivity contribution is 7.91. The molecule has 0 aliphatic heterocycles. The van der Waals surface area contributed by atoms with Crippen molar-refractivity contribution in [3.8, 4) is 11.4 Å². The summed E-state index contributed by atoms with van der Waals surface area (Å²) in [5.74, 6) is -0.977. The zero-order valence-electron chi connectivity index (χ0n) is 21.4. The van der Waals surface area contributed by atoms with E-state index in [1.54, 1.807) is 22.8 Å². The Morgan fingerprint density at radius 1 is 1.27 bits per heavy atom. The van der Waals surface area contributed by atoms with Gasteiger partial charge in [-0.25, -0.2) is 13.4 Å². The predicted octanol–water partition coefficient (Wildman–Crippen LogP) is 5.17. The molecule has 0 bridgehead atoms. The Hall–Kier alpha value is -2.27. The number of hydrogen-bond acceptors (Lipinski definition) is 5. The quantitative estimate of drug-likeness (QED) is 0.454. The molecular weight excluding hydrogens is 531 g/mol. The second-order valence-corrected chi connectivity index (χ2v) is 12.4. The molecule has 1 unspecified atom stereocenters. The van der Waals surface area contributed by atoms with Crippen LogP contribution in [0.2, 0.25) is 5.15 Å².